The van der Waals surface area contributed by atoms with Crippen LogP contribution in [0.15, 0.2) is 10.5 Å². The quantitative estimate of drug-likeness (QED) is 0.844. The Morgan fingerprint density at radius 3 is 3.00 bits per heavy atom. The number of rotatable bonds is 5. The molecular formula is C10H12N4O2S2. The Morgan fingerprint density at radius 1 is 1.61 bits per heavy atom. The van der Waals surface area contributed by atoms with Gasteiger partial charge in [-0.1, -0.05) is 18.7 Å². The van der Waals surface area contributed by atoms with Crippen molar-refractivity contribution in [2.24, 2.45) is 7.05 Å². The number of hydrogen-bond donors (Lipinski definition) is 1. The molecule has 8 heteroatoms. The van der Waals surface area contributed by atoms with E-state index in [0.717, 1.165) is 16.6 Å². The average molecular weight is 284 g/mol. The highest BCUT2D eigenvalue weighted by Gasteiger charge is 2.15. The van der Waals surface area contributed by atoms with E-state index in [1.165, 1.54) is 29.5 Å². The van der Waals surface area contributed by atoms with Crippen LogP contribution in [0.4, 0.5) is 0 Å². The van der Waals surface area contributed by atoms with Gasteiger partial charge in [0.1, 0.15) is 11.4 Å². The van der Waals surface area contributed by atoms with Crippen LogP contribution in [0.3, 0.4) is 0 Å². The lowest BCUT2D eigenvalue weighted by Crippen LogP contribution is -2.03. The number of carboxylic acids is 1. The Hall–Kier alpha value is -1.41. The fraction of sp³-hybridized carbons (Fsp3) is 0.400. The van der Waals surface area contributed by atoms with E-state index in [4.69, 9.17) is 5.11 Å². The molecule has 2 aromatic rings. The minimum atomic E-state index is -0.954. The van der Waals surface area contributed by atoms with Crippen LogP contribution in [-0.2, 0) is 19.2 Å². The van der Waals surface area contributed by atoms with E-state index < -0.39 is 5.97 Å². The van der Waals surface area contributed by atoms with Crippen molar-refractivity contribution < 1.29 is 9.90 Å². The standard InChI is InChI=1S/C10H12N4O2S2/c1-3-8-12-10(18-13-8)17-5-7-6(9(15)16)4-11-14(7)2/h4H,3,5H2,1-2H3,(H,15,16). The molecule has 0 fully saturated rings. The minimum Gasteiger partial charge on any atom is -0.478 e. The smallest absolute Gasteiger partial charge is 0.339 e. The normalized spacial score (nSPS) is 10.8. The van der Waals surface area contributed by atoms with Crippen molar-refractivity contribution in [1.82, 2.24) is 19.1 Å². The summed E-state index contributed by atoms with van der Waals surface area (Å²) in [7, 11) is 1.74. The highest BCUT2D eigenvalue weighted by atomic mass is 32.2. The predicted molar refractivity (Wildman–Crippen MR) is 69.0 cm³/mol. The zero-order valence-electron chi connectivity index (χ0n) is 9.95. The molecule has 6 nitrogen and oxygen atoms in total. The predicted octanol–water partition coefficient (Wildman–Crippen LogP) is 1.82. The first-order valence-electron chi connectivity index (χ1n) is 5.31. The van der Waals surface area contributed by atoms with Gasteiger partial charge in [-0.3, -0.25) is 4.68 Å². The summed E-state index contributed by atoms with van der Waals surface area (Å²) >= 11 is 2.82. The number of nitrogens with zero attached hydrogens (tertiary/aromatic N) is 4. The molecule has 2 aromatic heterocycles. The number of aromatic carboxylic acids is 1. The second-order valence-electron chi connectivity index (χ2n) is 3.55. The number of carboxylic acid groups (broad SMARTS) is 1. The highest BCUT2D eigenvalue weighted by molar-refractivity contribution is 8.00. The average Bonchev–Trinajstić information content (AvgIpc) is 2.93. The first-order chi connectivity index (χ1) is 8.61. The first-order valence-corrected chi connectivity index (χ1v) is 7.07. The molecule has 0 atom stereocenters. The molecule has 0 amide bonds. The summed E-state index contributed by atoms with van der Waals surface area (Å²) in [6.07, 6.45) is 2.18. The minimum absolute atomic E-state index is 0.241. The Morgan fingerprint density at radius 2 is 2.39 bits per heavy atom. The molecule has 0 aliphatic carbocycles. The molecule has 0 spiro atoms. The molecule has 1 N–H and O–H groups in total. The van der Waals surface area contributed by atoms with E-state index >= 15 is 0 Å². The molecule has 0 bridgehead atoms. The van der Waals surface area contributed by atoms with Crippen LogP contribution in [0.5, 0.6) is 0 Å². The molecule has 2 heterocycles. The van der Waals surface area contributed by atoms with Gasteiger partial charge in [-0.25, -0.2) is 9.78 Å². The van der Waals surface area contributed by atoms with Crippen molar-refractivity contribution in [1.29, 1.82) is 0 Å². The van der Waals surface area contributed by atoms with Gasteiger partial charge in [-0.2, -0.15) is 9.47 Å². The molecule has 0 radical (unpaired) electrons. The van der Waals surface area contributed by atoms with Crippen LogP contribution in [-0.4, -0.2) is 30.2 Å². The first kappa shape index (κ1) is 13.0. The lowest BCUT2D eigenvalue weighted by Gasteiger charge is -2.01. The number of hydrogen-bond acceptors (Lipinski definition) is 6. The van der Waals surface area contributed by atoms with E-state index in [9.17, 15) is 4.79 Å². The maximum absolute atomic E-state index is 11.0. The SMILES string of the molecule is CCc1nsc(SCc2c(C(=O)O)cnn2C)n1. The van der Waals surface area contributed by atoms with Gasteiger partial charge < -0.3 is 5.11 Å². The summed E-state index contributed by atoms with van der Waals surface area (Å²) in [5.41, 5.74) is 0.922. The van der Waals surface area contributed by atoms with E-state index in [1.807, 2.05) is 6.92 Å². The molecule has 96 valence electrons. The second-order valence-corrected chi connectivity index (χ2v) is 5.53. The van der Waals surface area contributed by atoms with Crippen LogP contribution in [0.2, 0.25) is 0 Å². The number of thioether (sulfide) groups is 1. The van der Waals surface area contributed by atoms with Gasteiger partial charge in [0.05, 0.1) is 11.9 Å². The number of aromatic nitrogens is 4. The summed E-state index contributed by atoms with van der Waals surface area (Å²) in [5.74, 6) is 0.396. The Labute approximate surface area is 112 Å². The Balaban J connectivity index is 2.10. The van der Waals surface area contributed by atoms with Gasteiger partial charge in [-0.05, 0) is 11.5 Å². The van der Waals surface area contributed by atoms with E-state index in [-0.39, 0.29) is 5.56 Å². The van der Waals surface area contributed by atoms with Crippen molar-refractivity contribution in [3.63, 3.8) is 0 Å². The van der Waals surface area contributed by atoms with Gasteiger partial charge in [0, 0.05) is 19.2 Å². The molecule has 0 saturated heterocycles. The molecular weight excluding hydrogens is 272 g/mol. The fourth-order valence-corrected chi connectivity index (χ4v) is 3.15. The summed E-state index contributed by atoms with van der Waals surface area (Å²) in [6, 6.07) is 0. The fourth-order valence-electron chi connectivity index (χ4n) is 1.38. The van der Waals surface area contributed by atoms with E-state index in [2.05, 4.69) is 14.5 Å². The zero-order chi connectivity index (χ0) is 13.1. The molecule has 18 heavy (non-hydrogen) atoms. The van der Waals surface area contributed by atoms with Crippen LogP contribution in [0.1, 0.15) is 28.8 Å². The van der Waals surface area contributed by atoms with Gasteiger partial charge in [0.25, 0.3) is 0 Å². The van der Waals surface area contributed by atoms with Crippen LogP contribution in [0.25, 0.3) is 0 Å². The van der Waals surface area contributed by atoms with Crippen LogP contribution < -0.4 is 0 Å². The summed E-state index contributed by atoms with van der Waals surface area (Å²) < 4.78 is 6.62. The van der Waals surface area contributed by atoms with Gasteiger partial charge >= 0.3 is 5.97 Å². The van der Waals surface area contributed by atoms with Crippen molar-refractivity contribution in [3.05, 3.63) is 23.3 Å². The maximum atomic E-state index is 11.0. The molecule has 0 aliphatic heterocycles. The van der Waals surface area contributed by atoms with Crippen molar-refractivity contribution >= 4 is 29.3 Å². The Kier molecular flexibility index (Phi) is 3.97. The topological polar surface area (TPSA) is 80.9 Å². The highest BCUT2D eigenvalue weighted by Crippen LogP contribution is 2.25. The van der Waals surface area contributed by atoms with E-state index in [0.29, 0.717) is 11.4 Å². The third-order valence-corrected chi connectivity index (χ3v) is 4.27. The molecule has 0 unspecified atom stereocenters. The largest absolute Gasteiger partial charge is 0.478 e. The third-order valence-electron chi connectivity index (χ3n) is 2.39. The molecule has 2 rings (SSSR count). The van der Waals surface area contributed by atoms with Gasteiger partial charge in [0.15, 0.2) is 4.34 Å². The lowest BCUT2D eigenvalue weighted by molar-refractivity contribution is 0.0696. The molecule has 0 saturated carbocycles. The van der Waals surface area contributed by atoms with Gasteiger partial charge in [0.2, 0.25) is 0 Å². The molecule has 0 aromatic carbocycles. The second kappa shape index (κ2) is 5.49. The van der Waals surface area contributed by atoms with Crippen molar-refractivity contribution in [2.75, 3.05) is 0 Å². The summed E-state index contributed by atoms with van der Waals surface area (Å²) in [5, 5.41) is 13.0. The zero-order valence-corrected chi connectivity index (χ0v) is 11.6. The van der Waals surface area contributed by atoms with Gasteiger partial charge in [-0.15, -0.1) is 0 Å². The Bertz CT molecular complexity index is 564. The van der Waals surface area contributed by atoms with Crippen LogP contribution >= 0.6 is 23.3 Å². The lowest BCUT2D eigenvalue weighted by atomic mass is 10.3. The van der Waals surface area contributed by atoms with Crippen molar-refractivity contribution in [3.8, 4) is 0 Å². The number of aryl methyl sites for hydroxylation is 2. The summed E-state index contributed by atoms with van der Waals surface area (Å²) in [4.78, 5) is 15.3. The third kappa shape index (κ3) is 2.70. The van der Waals surface area contributed by atoms with Crippen molar-refractivity contribution in [2.45, 2.75) is 23.4 Å². The maximum Gasteiger partial charge on any atom is 0.339 e. The summed E-state index contributed by atoms with van der Waals surface area (Å²) in [6.45, 7) is 2.00. The van der Waals surface area contributed by atoms with E-state index in [1.54, 1.807) is 11.7 Å². The molecule has 0 aliphatic rings. The number of carbonyl (C=O) groups is 1. The monoisotopic (exact) mass is 284 g/mol. The van der Waals surface area contributed by atoms with Crippen LogP contribution in [0, 0.1) is 0 Å².